The molecule has 1 amide bonds. The number of amides is 1. The third kappa shape index (κ3) is 5.43. The number of hydrogen-bond donors (Lipinski definition) is 1. The molecule has 1 heterocycles. The molecule has 1 unspecified atom stereocenters. The van der Waals surface area contributed by atoms with Crippen molar-refractivity contribution in [1.82, 2.24) is 0 Å². The molecule has 7 nitrogen and oxygen atoms in total. The number of aliphatic hydroxyl groups is 1. The third-order valence-electron chi connectivity index (χ3n) is 6.68. The molecule has 1 saturated heterocycles. The van der Waals surface area contributed by atoms with Gasteiger partial charge in [0, 0.05) is 5.69 Å². The number of ketones is 1. The van der Waals surface area contributed by atoms with Crippen LogP contribution in [0.15, 0.2) is 78.4 Å². The first-order valence-corrected chi connectivity index (χ1v) is 12.9. The Labute approximate surface area is 228 Å². The molecule has 0 aliphatic carbocycles. The van der Waals surface area contributed by atoms with Gasteiger partial charge in [-0.3, -0.25) is 14.5 Å². The molecule has 0 aromatic heterocycles. The molecule has 0 spiro atoms. The van der Waals surface area contributed by atoms with Gasteiger partial charge in [0.1, 0.15) is 11.5 Å². The zero-order chi connectivity index (χ0) is 28.3. The molecule has 1 N–H and O–H groups in total. The lowest BCUT2D eigenvalue weighted by atomic mass is 9.85. The summed E-state index contributed by atoms with van der Waals surface area (Å²) in [6.07, 6.45) is 0.675. The van der Waals surface area contributed by atoms with Gasteiger partial charge in [0.2, 0.25) is 0 Å². The van der Waals surface area contributed by atoms with Gasteiger partial charge in [-0.1, -0.05) is 70.2 Å². The van der Waals surface area contributed by atoms with Gasteiger partial charge in [-0.2, -0.15) is 0 Å². The van der Waals surface area contributed by atoms with E-state index in [9.17, 15) is 19.5 Å². The Morgan fingerprint density at radius 3 is 2.33 bits per heavy atom. The smallest absolute Gasteiger partial charge is 0.338 e. The lowest BCUT2D eigenvalue weighted by Gasteiger charge is -2.26. The molecule has 0 radical (unpaired) electrons. The molecule has 3 aromatic rings. The Morgan fingerprint density at radius 2 is 1.69 bits per heavy atom. The molecular weight excluding hydrogens is 494 g/mol. The predicted molar refractivity (Wildman–Crippen MR) is 150 cm³/mol. The van der Waals surface area contributed by atoms with E-state index >= 15 is 0 Å². The maximum atomic E-state index is 13.6. The van der Waals surface area contributed by atoms with E-state index in [1.807, 2.05) is 39.8 Å². The van der Waals surface area contributed by atoms with Crippen molar-refractivity contribution in [3.05, 3.63) is 101 Å². The quantitative estimate of drug-likeness (QED) is 0.171. The second-order valence-electron chi connectivity index (χ2n) is 10.4. The number of carbonyl (C=O) groups is 3. The SMILES string of the molecule is CCCOC(=O)c1cccc(N2C(=O)C(=O)/C(=C(/O)c3cc(C(C)(C)C)ccc3OC)C2c2ccccc2)c1. The molecular formula is C32H33NO6. The van der Waals surface area contributed by atoms with E-state index in [4.69, 9.17) is 9.47 Å². The number of anilines is 1. The fourth-order valence-corrected chi connectivity index (χ4v) is 4.62. The van der Waals surface area contributed by atoms with Crippen LogP contribution in [0, 0.1) is 0 Å². The van der Waals surface area contributed by atoms with E-state index < -0.39 is 23.7 Å². The molecule has 1 fully saturated rings. The van der Waals surface area contributed by atoms with Crippen LogP contribution >= 0.6 is 0 Å². The number of ether oxygens (including phenoxy) is 2. The summed E-state index contributed by atoms with van der Waals surface area (Å²) in [5.41, 5.74) is 2.17. The number of Topliss-reactive ketones (excluding diaryl/α,β-unsaturated/α-hetero) is 1. The number of benzene rings is 3. The van der Waals surface area contributed by atoms with Gasteiger partial charge in [0.05, 0.1) is 36.5 Å². The highest BCUT2D eigenvalue weighted by Gasteiger charge is 2.47. The summed E-state index contributed by atoms with van der Waals surface area (Å²) in [5, 5.41) is 11.7. The van der Waals surface area contributed by atoms with Crippen LogP contribution in [0.1, 0.15) is 67.2 Å². The Morgan fingerprint density at radius 1 is 0.974 bits per heavy atom. The molecule has 1 aliphatic rings. The van der Waals surface area contributed by atoms with Gasteiger partial charge in [0.25, 0.3) is 11.7 Å². The zero-order valence-corrected chi connectivity index (χ0v) is 22.9. The maximum Gasteiger partial charge on any atom is 0.338 e. The molecule has 0 bridgehead atoms. The topological polar surface area (TPSA) is 93.1 Å². The van der Waals surface area contributed by atoms with Crippen LogP contribution in [0.5, 0.6) is 5.75 Å². The van der Waals surface area contributed by atoms with Gasteiger partial charge >= 0.3 is 5.97 Å². The van der Waals surface area contributed by atoms with Gasteiger partial charge < -0.3 is 14.6 Å². The average molecular weight is 528 g/mol. The van der Waals surface area contributed by atoms with Crippen molar-refractivity contribution in [3.8, 4) is 5.75 Å². The van der Waals surface area contributed by atoms with E-state index in [0.717, 1.165) is 5.56 Å². The Bertz CT molecular complexity index is 1430. The first-order valence-electron chi connectivity index (χ1n) is 12.9. The van der Waals surface area contributed by atoms with E-state index in [1.165, 1.54) is 18.1 Å². The fraction of sp³-hybridized carbons (Fsp3) is 0.281. The highest BCUT2D eigenvalue weighted by molar-refractivity contribution is 6.51. The lowest BCUT2D eigenvalue weighted by Crippen LogP contribution is -2.29. The van der Waals surface area contributed by atoms with Gasteiger partial charge in [0.15, 0.2) is 0 Å². The van der Waals surface area contributed by atoms with Crippen LogP contribution in [-0.4, -0.2) is 36.5 Å². The van der Waals surface area contributed by atoms with E-state index in [0.29, 0.717) is 29.0 Å². The number of rotatable bonds is 7. The zero-order valence-electron chi connectivity index (χ0n) is 22.9. The molecule has 0 saturated carbocycles. The summed E-state index contributed by atoms with van der Waals surface area (Å²) in [6.45, 7) is 8.29. The molecule has 1 atom stereocenters. The van der Waals surface area contributed by atoms with Crippen LogP contribution in [0.2, 0.25) is 0 Å². The predicted octanol–water partition coefficient (Wildman–Crippen LogP) is 6.19. The number of hydrogen-bond acceptors (Lipinski definition) is 6. The third-order valence-corrected chi connectivity index (χ3v) is 6.68. The normalized spacial score (nSPS) is 16.8. The standard InChI is InChI=1S/C32H33NO6/c1-6-17-39-31(37)21-13-10-14-23(18-21)33-27(20-11-8-7-9-12-20)26(29(35)30(33)36)28(34)24-19-22(32(2,3)4)15-16-25(24)38-5/h7-16,18-19,27,34H,6,17H2,1-5H3/b28-26+. The van der Waals surface area contributed by atoms with E-state index in [-0.39, 0.29) is 28.9 Å². The Hall–Kier alpha value is -4.39. The second kappa shape index (κ2) is 11.2. The number of esters is 1. The lowest BCUT2D eigenvalue weighted by molar-refractivity contribution is -0.132. The van der Waals surface area contributed by atoms with E-state index in [2.05, 4.69) is 0 Å². The van der Waals surface area contributed by atoms with Crippen molar-refractivity contribution >= 4 is 29.1 Å². The van der Waals surface area contributed by atoms with Crippen LogP contribution in [-0.2, 0) is 19.7 Å². The highest BCUT2D eigenvalue weighted by Crippen LogP contribution is 2.44. The average Bonchev–Trinajstić information content (AvgIpc) is 3.20. The fourth-order valence-electron chi connectivity index (χ4n) is 4.62. The summed E-state index contributed by atoms with van der Waals surface area (Å²) in [5.74, 6) is -2.11. The highest BCUT2D eigenvalue weighted by atomic mass is 16.5. The van der Waals surface area contributed by atoms with Gasteiger partial charge in [-0.25, -0.2) is 4.79 Å². The van der Waals surface area contributed by atoms with Crippen molar-refractivity contribution in [1.29, 1.82) is 0 Å². The van der Waals surface area contributed by atoms with Crippen molar-refractivity contribution in [2.24, 2.45) is 0 Å². The van der Waals surface area contributed by atoms with Crippen LogP contribution in [0.4, 0.5) is 5.69 Å². The number of methoxy groups -OCH3 is 1. The minimum atomic E-state index is -0.934. The van der Waals surface area contributed by atoms with Crippen LogP contribution < -0.4 is 9.64 Å². The summed E-state index contributed by atoms with van der Waals surface area (Å²) in [4.78, 5) is 41.0. The molecule has 202 valence electrons. The van der Waals surface area contributed by atoms with Crippen LogP contribution in [0.3, 0.4) is 0 Å². The second-order valence-corrected chi connectivity index (χ2v) is 10.4. The van der Waals surface area contributed by atoms with Crippen molar-refractivity contribution in [3.63, 3.8) is 0 Å². The Kier molecular flexibility index (Phi) is 7.90. The molecule has 7 heteroatoms. The summed E-state index contributed by atoms with van der Waals surface area (Å²) in [6, 6.07) is 19.9. The Balaban J connectivity index is 1.92. The number of aliphatic hydroxyl groups excluding tert-OH is 1. The summed E-state index contributed by atoms with van der Waals surface area (Å²) in [7, 11) is 1.49. The van der Waals surface area contributed by atoms with Crippen molar-refractivity contribution in [2.75, 3.05) is 18.6 Å². The first-order chi connectivity index (χ1) is 18.6. The van der Waals surface area contributed by atoms with Gasteiger partial charge in [-0.15, -0.1) is 0 Å². The number of carbonyl (C=O) groups excluding carboxylic acids is 3. The molecule has 4 rings (SSSR count). The minimum Gasteiger partial charge on any atom is -0.507 e. The van der Waals surface area contributed by atoms with Crippen molar-refractivity contribution < 1.29 is 29.0 Å². The monoisotopic (exact) mass is 527 g/mol. The molecule has 1 aliphatic heterocycles. The summed E-state index contributed by atoms with van der Waals surface area (Å²) >= 11 is 0. The maximum absolute atomic E-state index is 13.6. The minimum absolute atomic E-state index is 0.0606. The first kappa shape index (κ1) is 27.6. The van der Waals surface area contributed by atoms with Gasteiger partial charge in [-0.05, 0) is 53.3 Å². The van der Waals surface area contributed by atoms with Crippen LogP contribution in [0.25, 0.3) is 5.76 Å². The largest absolute Gasteiger partial charge is 0.507 e. The molecule has 3 aromatic carbocycles. The number of nitrogens with zero attached hydrogens (tertiary/aromatic N) is 1. The summed E-state index contributed by atoms with van der Waals surface area (Å²) < 4.78 is 10.8. The molecule has 39 heavy (non-hydrogen) atoms. The van der Waals surface area contributed by atoms with E-state index in [1.54, 1.807) is 54.6 Å². The van der Waals surface area contributed by atoms with Crippen molar-refractivity contribution in [2.45, 2.75) is 45.6 Å².